The number of nitrogens with one attached hydrogen (secondary N) is 5. The van der Waals surface area contributed by atoms with Gasteiger partial charge >= 0.3 is 11.9 Å². The molecule has 0 fully saturated rings. The van der Waals surface area contributed by atoms with Crippen LogP contribution in [0, 0.1) is 0 Å². The van der Waals surface area contributed by atoms with Crippen LogP contribution in [0.15, 0.2) is 127 Å². The standard InChI is InChI=1S/C47H47N5O9S/c1-29(53)61-41-28-42(54)49-39(27-36-13-8-24-62-36)45(57)51-38(25-31-14-19-34(20-15-31)33-11-6-3-7-12-33)44(56)50-37(23-18-30-9-4-2-5-10-30)43(55)52-40(47(59)60)26-32-16-21-35(22-17-32)48-46(41)58/h2-17,19-22,24,37-41H,18,23,25-28H2,1H3,(H,48,58)(H,49,54)(H,50,56)(H,51,57)(H,52,55)(H,59,60)/t37-,38+,39-,40-,41-/m1/s1. The number of carbonyl (C=O) groups excluding carboxylic acids is 6. The molecule has 2 bridgehead atoms. The molecule has 0 saturated carbocycles. The molecule has 62 heavy (non-hydrogen) atoms. The van der Waals surface area contributed by atoms with E-state index >= 15 is 0 Å². The molecule has 3 heterocycles. The Morgan fingerprint density at radius 3 is 1.87 bits per heavy atom. The van der Waals surface area contributed by atoms with Gasteiger partial charge in [0.05, 0.1) is 6.42 Å². The topological polar surface area (TPSA) is 209 Å². The van der Waals surface area contributed by atoms with Crippen molar-refractivity contribution in [2.45, 2.75) is 75.7 Å². The van der Waals surface area contributed by atoms with Crippen molar-refractivity contribution in [3.05, 3.63) is 148 Å². The number of hydrogen-bond acceptors (Lipinski definition) is 9. The van der Waals surface area contributed by atoms with Crippen molar-refractivity contribution in [1.82, 2.24) is 21.3 Å². The first kappa shape index (κ1) is 44.4. The van der Waals surface area contributed by atoms with E-state index < -0.39 is 78.2 Å². The van der Waals surface area contributed by atoms with E-state index in [2.05, 4.69) is 26.6 Å². The van der Waals surface area contributed by atoms with Gasteiger partial charge in [0.1, 0.15) is 24.2 Å². The molecule has 1 aromatic heterocycles. The molecule has 5 amide bonds. The van der Waals surface area contributed by atoms with Crippen LogP contribution in [0.2, 0.25) is 0 Å². The van der Waals surface area contributed by atoms with Gasteiger partial charge in [-0.2, -0.15) is 0 Å². The van der Waals surface area contributed by atoms with E-state index in [0.717, 1.165) is 28.5 Å². The molecule has 14 nitrogen and oxygen atoms in total. The highest BCUT2D eigenvalue weighted by atomic mass is 32.1. The number of rotatable bonds is 10. The fourth-order valence-corrected chi connectivity index (χ4v) is 7.73. The number of carboxylic acid groups (broad SMARTS) is 1. The Morgan fingerprint density at radius 1 is 0.629 bits per heavy atom. The summed E-state index contributed by atoms with van der Waals surface area (Å²) in [4.78, 5) is 95.3. The van der Waals surface area contributed by atoms with Gasteiger partial charge in [0, 0.05) is 36.8 Å². The predicted octanol–water partition coefficient (Wildman–Crippen LogP) is 4.37. The highest BCUT2D eigenvalue weighted by molar-refractivity contribution is 7.09. The Hall–Kier alpha value is -7.13. The quantitative estimate of drug-likeness (QED) is 0.0870. The van der Waals surface area contributed by atoms with Crippen LogP contribution < -0.4 is 26.6 Å². The number of hydrogen-bond donors (Lipinski definition) is 6. The highest BCUT2D eigenvalue weighted by Crippen LogP contribution is 2.21. The number of carboxylic acids is 1. The average Bonchev–Trinajstić information content (AvgIpc) is 3.78. The molecule has 6 N–H and O–H groups in total. The fourth-order valence-electron chi connectivity index (χ4n) is 6.98. The normalized spacial score (nSPS) is 20.3. The molecular weight excluding hydrogens is 811 g/mol. The van der Waals surface area contributed by atoms with Crippen LogP contribution in [-0.4, -0.2) is 76.9 Å². The molecule has 0 saturated heterocycles. The number of amides is 5. The molecule has 0 unspecified atom stereocenters. The van der Waals surface area contributed by atoms with Crippen molar-refractivity contribution in [3.63, 3.8) is 0 Å². The highest BCUT2D eigenvalue weighted by Gasteiger charge is 2.33. The SMILES string of the molecule is CC(=O)O[C@@H]1CC(=O)N[C@H](Cc2cccs2)C(=O)N[C@@H](Cc2ccc(-c3ccccc3)cc2)C(=O)N[C@H](CCc2ccccc2)C(=O)N[C@@H](C(=O)O)Cc2ccc(cc2)NC1=O. The van der Waals surface area contributed by atoms with E-state index in [1.807, 2.05) is 90.3 Å². The van der Waals surface area contributed by atoms with Crippen LogP contribution >= 0.6 is 11.3 Å². The average molecular weight is 858 g/mol. The van der Waals surface area contributed by atoms with E-state index in [-0.39, 0.29) is 31.4 Å². The minimum Gasteiger partial charge on any atom is -0.480 e. The maximum atomic E-state index is 14.5. The first-order chi connectivity index (χ1) is 29.9. The molecule has 4 aromatic carbocycles. The summed E-state index contributed by atoms with van der Waals surface area (Å²) in [7, 11) is 0. The summed E-state index contributed by atoms with van der Waals surface area (Å²) in [6.07, 6.45) is -1.92. The summed E-state index contributed by atoms with van der Waals surface area (Å²) in [6.45, 7) is 1.09. The second kappa shape index (κ2) is 21.4. The van der Waals surface area contributed by atoms with Gasteiger partial charge in [-0.05, 0) is 64.2 Å². The Bertz CT molecular complexity index is 2340. The molecule has 2 aliphatic rings. The van der Waals surface area contributed by atoms with E-state index in [1.165, 1.54) is 23.5 Å². The number of benzene rings is 4. The first-order valence-corrected chi connectivity index (χ1v) is 21.0. The second-order valence-electron chi connectivity index (χ2n) is 14.9. The Morgan fingerprint density at radius 2 is 1.24 bits per heavy atom. The van der Waals surface area contributed by atoms with Crippen LogP contribution in [0.1, 0.15) is 41.3 Å². The van der Waals surface area contributed by atoms with E-state index in [4.69, 9.17) is 4.74 Å². The predicted molar refractivity (Wildman–Crippen MR) is 233 cm³/mol. The number of esters is 1. The van der Waals surface area contributed by atoms with Gasteiger partial charge in [-0.1, -0.05) is 103 Å². The van der Waals surface area contributed by atoms with Gasteiger partial charge in [0.15, 0.2) is 6.10 Å². The second-order valence-corrected chi connectivity index (χ2v) is 15.9. The zero-order chi connectivity index (χ0) is 44.0. The van der Waals surface area contributed by atoms with Crippen molar-refractivity contribution >= 4 is 58.5 Å². The molecule has 2 aliphatic heterocycles. The number of ether oxygens (including phenoxy) is 1. The van der Waals surface area contributed by atoms with Crippen LogP contribution in [0.25, 0.3) is 11.1 Å². The fraction of sp³-hybridized carbons (Fsp3) is 0.255. The largest absolute Gasteiger partial charge is 0.480 e. The molecule has 0 aliphatic carbocycles. The molecule has 7 rings (SSSR count). The van der Waals surface area contributed by atoms with Crippen LogP contribution in [-0.2, 0) is 64.0 Å². The van der Waals surface area contributed by atoms with Crippen LogP contribution in [0.3, 0.4) is 0 Å². The number of fused-ring (bicyclic) bond motifs is 18. The summed E-state index contributed by atoms with van der Waals surface area (Å²) in [5.41, 5.74) is 4.22. The van der Waals surface area contributed by atoms with Crippen molar-refractivity contribution in [2.75, 3.05) is 5.32 Å². The number of aliphatic carboxylic acids is 1. The van der Waals surface area contributed by atoms with Gasteiger partial charge in [-0.25, -0.2) is 4.79 Å². The summed E-state index contributed by atoms with van der Waals surface area (Å²) >= 11 is 1.35. The van der Waals surface area contributed by atoms with Crippen molar-refractivity contribution in [1.29, 1.82) is 0 Å². The molecule has 0 radical (unpaired) electrons. The van der Waals surface area contributed by atoms with Crippen molar-refractivity contribution in [2.24, 2.45) is 0 Å². The Balaban J connectivity index is 1.36. The summed E-state index contributed by atoms with van der Waals surface area (Å²) in [6, 6.07) is 30.9. The lowest BCUT2D eigenvalue weighted by Gasteiger charge is -2.26. The maximum Gasteiger partial charge on any atom is 0.326 e. The summed E-state index contributed by atoms with van der Waals surface area (Å²) in [5, 5.41) is 25.5. The monoisotopic (exact) mass is 857 g/mol. The number of anilines is 1. The molecule has 5 aromatic rings. The van der Waals surface area contributed by atoms with Crippen LogP contribution in [0.5, 0.6) is 0 Å². The lowest BCUT2D eigenvalue weighted by molar-refractivity contribution is -0.153. The van der Waals surface area contributed by atoms with Gasteiger partial charge in [0.2, 0.25) is 23.6 Å². The maximum absolute atomic E-state index is 14.5. The summed E-state index contributed by atoms with van der Waals surface area (Å²) < 4.78 is 5.24. The minimum absolute atomic E-state index is 0.0187. The third-order valence-corrected chi connectivity index (χ3v) is 11.1. The lowest BCUT2D eigenvalue weighted by Crippen LogP contribution is -2.58. The third kappa shape index (κ3) is 12.9. The van der Waals surface area contributed by atoms with E-state index in [9.17, 15) is 38.7 Å². The number of aryl methyl sites for hydroxylation is 1. The number of thiophene rings is 1. The molecular formula is C47H47N5O9S. The molecule has 5 atom stereocenters. The van der Waals surface area contributed by atoms with E-state index in [1.54, 1.807) is 24.3 Å². The Kier molecular flexibility index (Phi) is 15.3. The van der Waals surface area contributed by atoms with Gasteiger partial charge in [-0.15, -0.1) is 11.3 Å². The smallest absolute Gasteiger partial charge is 0.326 e. The first-order valence-electron chi connectivity index (χ1n) is 20.1. The molecule has 15 heteroatoms. The Labute approximate surface area is 362 Å². The molecule has 320 valence electrons. The van der Waals surface area contributed by atoms with Crippen molar-refractivity contribution < 1.29 is 43.4 Å². The zero-order valence-corrected chi connectivity index (χ0v) is 34.7. The van der Waals surface area contributed by atoms with Gasteiger partial charge in [0.25, 0.3) is 5.91 Å². The van der Waals surface area contributed by atoms with Gasteiger partial charge in [-0.3, -0.25) is 28.8 Å². The minimum atomic E-state index is -1.58. The third-order valence-electron chi connectivity index (χ3n) is 10.2. The van der Waals surface area contributed by atoms with E-state index in [0.29, 0.717) is 17.5 Å². The zero-order valence-electron chi connectivity index (χ0n) is 33.9. The lowest BCUT2D eigenvalue weighted by atomic mass is 9.99. The summed E-state index contributed by atoms with van der Waals surface area (Å²) in [5.74, 6) is -5.93. The number of carbonyl (C=O) groups is 7. The van der Waals surface area contributed by atoms with Crippen LogP contribution in [0.4, 0.5) is 5.69 Å². The molecule has 0 spiro atoms. The van der Waals surface area contributed by atoms with Crippen molar-refractivity contribution in [3.8, 4) is 11.1 Å². The van der Waals surface area contributed by atoms with Gasteiger partial charge < -0.3 is 36.4 Å².